The fourth-order valence-electron chi connectivity index (χ4n) is 1.03. The molecule has 0 spiro atoms. The van der Waals surface area contributed by atoms with Crippen molar-refractivity contribution in [1.82, 2.24) is 5.32 Å². The highest BCUT2D eigenvalue weighted by Crippen LogP contribution is 2.17. The Hall–Kier alpha value is -1.16. The fourth-order valence-corrected chi connectivity index (χ4v) is 1.03. The van der Waals surface area contributed by atoms with Crippen LogP contribution in [0.1, 0.15) is 12.5 Å². The Kier molecular flexibility index (Phi) is 3.19. The van der Waals surface area contributed by atoms with E-state index in [2.05, 4.69) is 5.32 Å². The summed E-state index contributed by atoms with van der Waals surface area (Å²) < 4.78 is 26.2. The summed E-state index contributed by atoms with van der Waals surface area (Å²) in [7, 11) is 0. The molecule has 13 heavy (non-hydrogen) atoms. The summed E-state index contributed by atoms with van der Waals surface area (Å²) in [5.74, 6) is -1.23. The summed E-state index contributed by atoms with van der Waals surface area (Å²) in [6, 6.07) is 2.39. The van der Waals surface area contributed by atoms with E-state index in [-0.39, 0.29) is 17.8 Å². The van der Waals surface area contributed by atoms with E-state index in [1.165, 1.54) is 12.1 Å². The Morgan fingerprint density at radius 3 is 2.69 bits per heavy atom. The summed E-state index contributed by atoms with van der Waals surface area (Å²) in [6.45, 7) is 2.69. The van der Waals surface area contributed by atoms with Crippen LogP contribution in [0, 0.1) is 11.6 Å². The molecule has 0 saturated carbocycles. The number of nitrogens with two attached hydrogens (primary N) is 1. The summed E-state index contributed by atoms with van der Waals surface area (Å²) in [5, 5.41) is 2.84. The van der Waals surface area contributed by atoms with Gasteiger partial charge in [-0.25, -0.2) is 8.78 Å². The van der Waals surface area contributed by atoms with E-state index in [0.717, 1.165) is 0 Å². The molecule has 4 heteroatoms. The van der Waals surface area contributed by atoms with Crippen LogP contribution in [0.3, 0.4) is 0 Å². The van der Waals surface area contributed by atoms with Gasteiger partial charge in [-0.05, 0) is 18.7 Å². The van der Waals surface area contributed by atoms with Crippen molar-refractivity contribution in [2.24, 2.45) is 0 Å². The first-order chi connectivity index (χ1) is 6.16. The summed E-state index contributed by atoms with van der Waals surface area (Å²) >= 11 is 0. The molecule has 1 aromatic rings. The minimum atomic E-state index is -0.666. The van der Waals surface area contributed by atoms with Gasteiger partial charge >= 0.3 is 0 Å². The van der Waals surface area contributed by atoms with Crippen molar-refractivity contribution >= 4 is 5.69 Å². The molecular formula is C9H12F2N2. The molecule has 0 aromatic heterocycles. The van der Waals surface area contributed by atoms with Crippen molar-refractivity contribution in [1.29, 1.82) is 0 Å². The molecule has 0 bridgehead atoms. The van der Waals surface area contributed by atoms with E-state index >= 15 is 0 Å². The molecule has 0 fully saturated rings. The lowest BCUT2D eigenvalue weighted by molar-refractivity contribution is 0.542. The molecule has 1 aromatic carbocycles. The van der Waals surface area contributed by atoms with Crippen LogP contribution in [0.5, 0.6) is 0 Å². The van der Waals surface area contributed by atoms with E-state index < -0.39 is 11.6 Å². The molecule has 3 N–H and O–H groups in total. The van der Waals surface area contributed by atoms with Crippen LogP contribution in [-0.2, 0) is 6.54 Å². The fraction of sp³-hybridized carbons (Fsp3) is 0.333. The molecule has 0 saturated heterocycles. The van der Waals surface area contributed by atoms with Gasteiger partial charge in [0.1, 0.15) is 5.82 Å². The number of halogens is 2. The first-order valence-electron chi connectivity index (χ1n) is 4.10. The van der Waals surface area contributed by atoms with Crippen molar-refractivity contribution < 1.29 is 8.78 Å². The zero-order valence-corrected chi connectivity index (χ0v) is 7.40. The maximum atomic E-state index is 13.2. The molecule has 0 unspecified atom stereocenters. The van der Waals surface area contributed by atoms with Crippen molar-refractivity contribution in [3.05, 3.63) is 29.3 Å². The maximum absolute atomic E-state index is 13.2. The number of hydrogen-bond acceptors (Lipinski definition) is 2. The van der Waals surface area contributed by atoms with Gasteiger partial charge in [-0.2, -0.15) is 0 Å². The third kappa shape index (κ3) is 2.15. The largest absolute Gasteiger partial charge is 0.396 e. The third-order valence-electron chi connectivity index (χ3n) is 1.77. The monoisotopic (exact) mass is 186 g/mol. The van der Waals surface area contributed by atoms with Gasteiger partial charge in [-0.3, -0.25) is 0 Å². The van der Waals surface area contributed by atoms with E-state index in [0.29, 0.717) is 6.54 Å². The molecule has 0 aliphatic carbocycles. The average Bonchev–Trinajstić information content (AvgIpc) is 2.12. The van der Waals surface area contributed by atoms with Crippen molar-refractivity contribution in [2.75, 3.05) is 12.3 Å². The Morgan fingerprint density at radius 2 is 2.08 bits per heavy atom. The van der Waals surface area contributed by atoms with Crippen LogP contribution in [-0.4, -0.2) is 6.54 Å². The van der Waals surface area contributed by atoms with Gasteiger partial charge in [0.25, 0.3) is 0 Å². The smallest absolute Gasteiger partial charge is 0.153 e. The maximum Gasteiger partial charge on any atom is 0.153 e. The molecule has 72 valence electrons. The quantitative estimate of drug-likeness (QED) is 0.704. The molecular weight excluding hydrogens is 174 g/mol. The van der Waals surface area contributed by atoms with E-state index in [1.54, 1.807) is 0 Å². The van der Waals surface area contributed by atoms with E-state index in [4.69, 9.17) is 5.73 Å². The molecule has 0 aliphatic rings. The lowest BCUT2D eigenvalue weighted by atomic mass is 10.1. The van der Waals surface area contributed by atoms with E-state index in [1.807, 2.05) is 6.92 Å². The van der Waals surface area contributed by atoms with E-state index in [9.17, 15) is 8.78 Å². The van der Waals surface area contributed by atoms with Crippen LogP contribution >= 0.6 is 0 Å². The number of nitrogens with one attached hydrogen (secondary N) is 1. The highest BCUT2D eigenvalue weighted by Gasteiger charge is 2.10. The zero-order valence-electron chi connectivity index (χ0n) is 7.40. The van der Waals surface area contributed by atoms with Gasteiger partial charge in [0, 0.05) is 12.1 Å². The molecule has 0 amide bonds. The van der Waals surface area contributed by atoms with Crippen LogP contribution in [0.4, 0.5) is 14.5 Å². The number of benzene rings is 1. The van der Waals surface area contributed by atoms with Gasteiger partial charge < -0.3 is 11.1 Å². The highest BCUT2D eigenvalue weighted by atomic mass is 19.1. The third-order valence-corrected chi connectivity index (χ3v) is 1.77. The number of hydrogen-bond donors (Lipinski definition) is 2. The number of rotatable bonds is 3. The normalized spacial score (nSPS) is 10.4. The second-order valence-electron chi connectivity index (χ2n) is 2.71. The van der Waals surface area contributed by atoms with Crippen molar-refractivity contribution in [2.45, 2.75) is 13.5 Å². The minimum absolute atomic E-state index is 0.00171. The lowest BCUT2D eigenvalue weighted by Gasteiger charge is -2.06. The van der Waals surface area contributed by atoms with Gasteiger partial charge in [-0.1, -0.05) is 6.92 Å². The molecule has 0 aliphatic heterocycles. The second-order valence-corrected chi connectivity index (χ2v) is 2.71. The highest BCUT2D eigenvalue weighted by molar-refractivity contribution is 5.43. The van der Waals surface area contributed by atoms with Crippen molar-refractivity contribution in [3.63, 3.8) is 0 Å². The summed E-state index contributed by atoms with van der Waals surface area (Å²) in [5.41, 5.74) is 5.27. The van der Waals surface area contributed by atoms with Gasteiger partial charge in [0.2, 0.25) is 0 Å². The van der Waals surface area contributed by atoms with Gasteiger partial charge in [-0.15, -0.1) is 0 Å². The standard InChI is InChI=1S/C9H12F2N2/c1-2-13-5-6-7(10)3-4-8(12)9(6)11/h3-4,13H,2,5,12H2,1H3. The molecule has 2 nitrogen and oxygen atoms in total. The topological polar surface area (TPSA) is 38.0 Å². The first kappa shape index (κ1) is 9.92. The van der Waals surface area contributed by atoms with Gasteiger partial charge in [0.05, 0.1) is 5.69 Å². The minimum Gasteiger partial charge on any atom is -0.396 e. The number of anilines is 1. The number of nitrogen functional groups attached to an aromatic ring is 1. The average molecular weight is 186 g/mol. The molecule has 0 heterocycles. The Labute approximate surface area is 75.7 Å². The van der Waals surface area contributed by atoms with Crippen LogP contribution in [0.15, 0.2) is 12.1 Å². The Bertz CT molecular complexity index is 300. The van der Waals surface area contributed by atoms with Crippen molar-refractivity contribution in [3.8, 4) is 0 Å². The molecule has 0 radical (unpaired) electrons. The van der Waals surface area contributed by atoms with Gasteiger partial charge in [0.15, 0.2) is 5.82 Å². The first-order valence-corrected chi connectivity index (χ1v) is 4.10. The molecule has 1 rings (SSSR count). The summed E-state index contributed by atoms with van der Waals surface area (Å²) in [6.07, 6.45) is 0. The second kappa shape index (κ2) is 4.18. The SMILES string of the molecule is CCNCc1c(F)ccc(N)c1F. The summed E-state index contributed by atoms with van der Waals surface area (Å²) in [4.78, 5) is 0. The Morgan fingerprint density at radius 1 is 1.38 bits per heavy atom. The van der Waals surface area contributed by atoms with Crippen LogP contribution < -0.4 is 11.1 Å². The van der Waals surface area contributed by atoms with Crippen LogP contribution in [0.2, 0.25) is 0 Å². The Balaban J connectivity index is 2.96. The lowest BCUT2D eigenvalue weighted by Crippen LogP contribution is -2.15. The van der Waals surface area contributed by atoms with Crippen LogP contribution in [0.25, 0.3) is 0 Å². The molecule has 0 atom stereocenters. The zero-order chi connectivity index (χ0) is 9.84. The predicted octanol–water partition coefficient (Wildman–Crippen LogP) is 1.66. The predicted molar refractivity (Wildman–Crippen MR) is 48.2 cm³/mol.